The number of nitrogens with zero attached hydrogens (tertiary/aromatic N) is 1. The minimum atomic E-state index is -0.744. The molecular weight excluding hydrogens is 250 g/mol. The monoisotopic (exact) mass is 270 g/mol. The summed E-state index contributed by atoms with van der Waals surface area (Å²) >= 11 is 0. The zero-order chi connectivity index (χ0) is 13.8. The van der Waals surface area contributed by atoms with E-state index in [1.807, 2.05) is 29.2 Å². The molecule has 2 N–H and O–H groups in total. The molecule has 0 spiro atoms. The van der Waals surface area contributed by atoms with Crippen LogP contribution in [-0.4, -0.2) is 39.1 Å². The zero-order valence-corrected chi connectivity index (χ0v) is 11.1. The van der Waals surface area contributed by atoms with Gasteiger partial charge in [-0.25, -0.2) is 8.78 Å². The Kier molecular flexibility index (Phi) is 4.71. The smallest absolute Gasteiger partial charge is 0.119 e. The minimum absolute atomic E-state index is 0.442. The van der Waals surface area contributed by atoms with E-state index in [9.17, 15) is 8.78 Å². The molecule has 2 rings (SSSR count). The molecule has 106 valence electrons. The van der Waals surface area contributed by atoms with Crippen molar-refractivity contribution in [1.29, 1.82) is 0 Å². The van der Waals surface area contributed by atoms with E-state index < -0.39 is 25.0 Å². The Morgan fingerprint density at radius 1 is 1.42 bits per heavy atom. The maximum Gasteiger partial charge on any atom is 0.119 e. The SMILES string of the molecule is CO[C@H](c1ccc(N2CC[C@@H](F)C2)cc1)[C@H](N)CF. The number of nitrogens with two attached hydrogens (primary N) is 1. The van der Waals surface area contributed by atoms with Gasteiger partial charge in [-0.3, -0.25) is 0 Å². The molecule has 0 radical (unpaired) electrons. The Hall–Kier alpha value is -1.20. The first-order chi connectivity index (χ1) is 9.15. The second-order valence-electron chi connectivity index (χ2n) is 4.90. The predicted octanol–water partition coefficient (Wildman–Crippen LogP) is 2.22. The summed E-state index contributed by atoms with van der Waals surface area (Å²) in [7, 11) is 1.52. The van der Waals surface area contributed by atoms with E-state index in [4.69, 9.17) is 10.5 Å². The third kappa shape index (κ3) is 3.22. The molecule has 3 atom stereocenters. The molecule has 1 aromatic carbocycles. The molecule has 0 bridgehead atoms. The van der Waals surface area contributed by atoms with Crippen molar-refractivity contribution in [2.75, 3.05) is 31.8 Å². The van der Waals surface area contributed by atoms with Crippen LogP contribution < -0.4 is 10.6 Å². The van der Waals surface area contributed by atoms with Crippen molar-refractivity contribution in [3.05, 3.63) is 29.8 Å². The van der Waals surface area contributed by atoms with E-state index in [1.165, 1.54) is 7.11 Å². The molecule has 1 heterocycles. The number of hydrogen-bond acceptors (Lipinski definition) is 3. The summed E-state index contributed by atoms with van der Waals surface area (Å²) in [4.78, 5) is 2.01. The van der Waals surface area contributed by atoms with E-state index >= 15 is 0 Å². The van der Waals surface area contributed by atoms with Crippen molar-refractivity contribution in [2.24, 2.45) is 5.73 Å². The van der Waals surface area contributed by atoms with Crippen LogP contribution in [0.5, 0.6) is 0 Å². The van der Waals surface area contributed by atoms with Gasteiger partial charge in [0, 0.05) is 25.9 Å². The maximum atomic E-state index is 13.2. The summed E-state index contributed by atoms with van der Waals surface area (Å²) in [6.45, 7) is 0.547. The Balaban J connectivity index is 2.09. The number of ether oxygens (including phenoxy) is 1. The van der Waals surface area contributed by atoms with Crippen molar-refractivity contribution in [1.82, 2.24) is 0 Å². The number of methoxy groups -OCH3 is 1. The van der Waals surface area contributed by atoms with E-state index in [1.54, 1.807) is 0 Å². The summed E-state index contributed by atoms with van der Waals surface area (Å²) in [6, 6.07) is 6.88. The first-order valence-corrected chi connectivity index (χ1v) is 6.49. The van der Waals surface area contributed by atoms with E-state index in [0.717, 1.165) is 17.8 Å². The van der Waals surface area contributed by atoms with Crippen molar-refractivity contribution in [2.45, 2.75) is 24.7 Å². The summed E-state index contributed by atoms with van der Waals surface area (Å²) in [5, 5.41) is 0. The molecule has 3 nitrogen and oxygen atoms in total. The minimum Gasteiger partial charge on any atom is -0.375 e. The molecule has 1 aliphatic rings. The molecule has 0 saturated carbocycles. The van der Waals surface area contributed by atoms with Gasteiger partial charge in [-0.1, -0.05) is 12.1 Å². The highest BCUT2D eigenvalue weighted by Gasteiger charge is 2.23. The van der Waals surface area contributed by atoms with Gasteiger partial charge in [0.25, 0.3) is 0 Å². The van der Waals surface area contributed by atoms with Crippen LogP contribution in [0.25, 0.3) is 0 Å². The summed E-state index contributed by atoms with van der Waals surface area (Å²) in [5.41, 5.74) is 7.50. The number of rotatable bonds is 5. The standard InChI is InChI=1S/C14H20F2N2O/c1-19-14(13(17)8-15)10-2-4-12(5-3-10)18-7-6-11(16)9-18/h2-5,11,13-14H,6-9,17H2,1H3/t11-,13-,14-/m1/s1. The fraction of sp³-hybridized carbons (Fsp3) is 0.571. The van der Waals surface area contributed by atoms with Gasteiger partial charge < -0.3 is 15.4 Å². The molecule has 1 saturated heterocycles. The number of alkyl halides is 2. The highest BCUT2D eigenvalue weighted by atomic mass is 19.1. The Labute approximate surface area is 112 Å². The lowest BCUT2D eigenvalue weighted by molar-refractivity contribution is 0.0721. The van der Waals surface area contributed by atoms with Gasteiger partial charge >= 0.3 is 0 Å². The third-order valence-electron chi connectivity index (χ3n) is 3.54. The second-order valence-corrected chi connectivity index (χ2v) is 4.90. The average molecular weight is 270 g/mol. The van der Waals surface area contributed by atoms with Crippen molar-refractivity contribution in [3.63, 3.8) is 0 Å². The quantitative estimate of drug-likeness (QED) is 0.891. The van der Waals surface area contributed by atoms with Crippen LogP contribution in [0.15, 0.2) is 24.3 Å². The van der Waals surface area contributed by atoms with Gasteiger partial charge in [-0.2, -0.15) is 0 Å². The summed E-state index contributed by atoms with van der Waals surface area (Å²) in [5.74, 6) is 0. The van der Waals surface area contributed by atoms with Crippen LogP contribution in [0.4, 0.5) is 14.5 Å². The Morgan fingerprint density at radius 3 is 2.58 bits per heavy atom. The van der Waals surface area contributed by atoms with Crippen LogP contribution in [0.1, 0.15) is 18.1 Å². The number of benzene rings is 1. The summed E-state index contributed by atoms with van der Waals surface area (Å²) in [6.07, 6.45) is -0.618. The first-order valence-electron chi connectivity index (χ1n) is 6.49. The number of anilines is 1. The fourth-order valence-corrected chi connectivity index (χ4v) is 2.47. The molecule has 1 fully saturated rings. The molecule has 0 unspecified atom stereocenters. The van der Waals surface area contributed by atoms with E-state index in [0.29, 0.717) is 13.0 Å². The van der Waals surface area contributed by atoms with Gasteiger partial charge in [-0.15, -0.1) is 0 Å². The molecular formula is C14H20F2N2O. The number of halogens is 2. The Bertz CT molecular complexity index is 399. The predicted molar refractivity (Wildman–Crippen MR) is 71.9 cm³/mol. The van der Waals surface area contributed by atoms with Crippen molar-refractivity contribution in [3.8, 4) is 0 Å². The van der Waals surface area contributed by atoms with E-state index in [2.05, 4.69) is 0 Å². The second kappa shape index (κ2) is 6.30. The van der Waals surface area contributed by atoms with Gasteiger partial charge in [0.05, 0.1) is 12.1 Å². The zero-order valence-electron chi connectivity index (χ0n) is 11.1. The van der Waals surface area contributed by atoms with E-state index in [-0.39, 0.29) is 0 Å². The van der Waals surface area contributed by atoms with Gasteiger partial charge in [0.1, 0.15) is 12.8 Å². The van der Waals surface area contributed by atoms with Crippen LogP contribution in [-0.2, 0) is 4.74 Å². The highest BCUT2D eigenvalue weighted by molar-refractivity contribution is 5.49. The third-order valence-corrected chi connectivity index (χ3v) is 3.54. The molecule has 5 heteroatoms. The average Bonchev–Trinajstić information content (AvgIpc) is 2.87. The molecule has 1 aliphatic heterocycles. The largest absolute Gasteiger partial charge is 0.375 e. The Morgan fingerprint density at radius 2 is 2.11 bits per heavy atom. The highest BCUT2D eigenvalue weighted by Crippen LogP contribution is 2.26. The van der Waals surface area contributed by atoms with Gasteiger partial charge in [0.2, 0.25) is 0 Å². The molecule has 19 heavy (non-hydrogen) atoms. The normalized spacial score (nSPS) is 22.5. The number of hydrogen-bond donors (Lipinski definition) is 1. The molecule has 0 aliphatic carbocycles. The van der Waals surface area contributed by atoms with Gasteiger partial charge in [0.15, 0.2) is 0 Å². The van der Waals surface area contributed by atoms with Crippen LogP contribution in [0.2, 0.25) is 0 Å². The lowest BCUT2D eigenvalue weighted by atomic mass is 10.0. The van der Waals surface area contributed by atoms with Crippen LogP contribution >= 0.6 is 0 Å². The summed E-state index contributed by atoms with van der Waals surface area (Å²) < 4.78 is 31.0. The van der Waals surface area contributed by atoms with Crippen molar-refractivity contribution < 1.29 is 13.5 Å². The topological polar surface area (TPSA) is 38.5 Å². The lowest BCUT2D eigenvalue weighted by Crippen LogP contribution is -2.31. The van der Waals surface area contributed by atoms with Crippen LogP contribution in [0.3, 0.4) is 0 Å². The molecule has 1 aromatic rings. The fourth-order valence-electron chi connectivity index (χ4n) is 2.47. The first kappa shape index (κ1) is 14.2. The van der Waals surface area contributed by atoms with Gasteiger partial charge in [-0.05, 0) is 24.1 Å². The lowest BCUT2D eigenvalue weighted by Gasteiger charge is -2.22. The van der Waals surface area contributed by atoms with Crippen LogP contribution in [0, 0.1) is 0 Å². The molecule has 0 amide bonds. The maximum absolute atomic E-state index is 13.2. The van der Waals surface area contributed by atoms with Crippen molar-refractivity contribution >= 4 is 5.69 Å². The molecule has 0 aromatic heterocycles.